The quantitative estimate of drug-likeness (QED) is 0.826. The fourth-order valence-corrected chi connectivity index (χ4v) is 1.69. The zero-order valence-corrected chi connectivity index (χ0v) is 10.1. The molecule has 2 aromatic carbocycles. The van der Waals surface area contributed by atoms with Gasteiger partial charge < -0.3 is 16.2 Å². The molecule has 0 aliphatic carbocycles. The Morgan fingerprint density at radius 3 is 2.63 bits per heavy atom. The van der Waals surface area contributed by atoms with Crippen LogP contribution in [-0.4, -0.2) is 5.91 Å². The van der Waals surface area contributed by atoms with Crippen LogP contribution in [0.3, 0.4) is 0 Å². The lowest BCUT2D eigenvalue weighted by atomic mass is 10.1. The molecule has 1 amide bonds. The van der Waals surface area contributed by atoms with Gasteiger partial charge in [0.05, 0.1) is 11.3 Å². The predicted molar refractivity (Wildman–Crippen MR) is 70.1 cm³/mol. The number of amides is 1. The summed E-state index contributed by atoms with van der Waals surface area (Å²) < 4.78 is 18.5. The van der Waals surface area contributed by atoms with Crippen molar-refractivity contribution in [3.05, 3.63) is 59.4 Å². The molecule has 19 heavy (non-hydrogen) atoms. The van der Waals surface area contributed by atoms with Crippen LogP contribution in [0.4, 0.5) is 10.1 Å². The Bertz CT molecular complexity index is 614. The fraction of sp³-hybridized carbons (Fsp3) is 0.0714. The van der Waals surface area contributed by atoms with Gasteiger partial charge in [-0.15, -0.1) is 0 Å². The maximum absolute atomic E-state index is 13.0. The Hall–Kier alpha value is -2.56. The zero-order valence-electron chi connectivity index (χ0n) is 10.1. The van der Waals surface area contributed by atoms with Crippen LogP contribution in [0.15, 0.2) is 42.5 Å². The molecule has 4 N–H and O–H groups in total. The molecule has 0 unspecified atom stereocenters. The van der Waals surface area contributed by atoms with E-state index in [1.165, 1.54) is 18.2 Å². The highest BCUT2D eigenvalue weighted by Crippen LogP contribution is 2.26. The molecule has 0 saturated heterocycles. The number of benzene rings is 2. The number of rotatable bonds is 4. The Morgan fingerprint density at radius 2 is 1.95 bits per heavy atom. The van der Waals surface area contributed by atoms with Gasteiger partial charge in [0.15, 0.2) is 5.75 Å². The molecule has 0 aliphatic rings. The third-order valence-corrected chi connectivity index (χ3v) is 2.58. The lowest BCUT2D eigenvalue weighted by Gasteiger charge is -2.12. The molecule has 0 spiro atoms. The minimum Gasteiger partial charge on any atom is -0.486 e. The summed E-state index contributed by atoms with van der Waals surface area (Å²) in [5.74, 6) is -0.752. The van der Waals surface area contributed by atoms with Crippen LogP contribution in [0.25, 0.3) is 0 Å². The highest BCUT2D eigenvalue weighted by Gasteiger charge is 2.12. The first-order valence-corrected chi connectivity index (χ1v) is 5.63. The van der Waals surface area contributed by atoms with Gasteiger partial charge in [0.2, 0.25) is 0 Å². The Balaban J connectivity index is 2.22. The average Bonchev–Trinajstić information content (AvgIpc) is 2.37. The molecule has 0 aromatic heterocycles. The van der Waals surface area contributed by atoms with E-state index in [2.05, 4.69) is 0 Å². The summed E-state index contributed by atoms with van der Waals surface area (Å²) in [7, 11) is 0. The summed E-state index contributed by atoms with van der Waals surface area (Å²) in [4.78, 5) is 11.3. The SMILES string of the molecule is NC(=O)c1cccc(N)c1OCc1cccc(F)c1. The van der Waals surface area contributed by atoms with E-state index in [1.54, 1.807) is 24.3 Å². The summed E-state index contributed by atoms with van der Waals surface area (Å²) in [5, 5.41) is 0. The van der Waals surface area contributed by atoms with Crippen molar-refractivity contribution in [2.45, 2.75) is 6.61 Å². The van der Waals surface area contributed by atoms with Crippen molar-refractivity contribution in [3.63, 3.8) is 0 Å². The maximum Gasteiger partial charge on any atom is 0.252 e. The van der Waals surface area contributed by atoms with Crippen molar-refractivity contribution < 1.29 is 13.9 Å². The molecule has 0 saturated carbocycles. The van der Waals surface area contributed by atoms with Gasteiger partial charge in [0.25, 0.3) is 5.91 Å². The van der Waals surface area contributed by atoms with Gasteiger partial charge in [-0.3, -0.25) is 4.79 Å². The molecular weight excluding hydrogens is 247 g/mol. The molecule has 0 heterocycles. The van der Waals surface area contributed by atoms with E-state index in [1.807, 2.05) is 0 Å². The third kappa shape index (κ3) is 3.01. The van der Waals surface area contributed by atoms with E-state index in [-0.39, 0.29) is 23.7 Å². The summed E-state index contributed by atoms with van der Waals surface area (Å²) >= 11 is 0. The summed E-state index contributed by atoms with van der Waals surface area (Å²) in [5.41, 5.74) is 12.1. The van der Waals surface area contributed by atoms with Crippen molar-refractivity contribution in [1.82, 2.24) is 0 Å². The number of hydrogen-bond donors (Lipinski definition) is 2. The molecule has 0 bridgehead atoms. The topological polar surface area (TPSA) is 78.3 Å². The maximum atomic E-state index is 13.0. The first kappa shape index (κ1) is 12.9. The predicted octanol–water partition coefficient (Wildman–Crippen LogP) is 2.09. The molecule has 0 atom stereocenters. The Labute approximate surface area is 109 Å². The van der Waals surface area contributed by atoms with Crippen LogP contribution in [0.5, 0.6) is 5.75 Å². The van der Waals surface area contributed by atoms with Gasteiger partial charge in [-0.2, -0.15) is 0 Å². The van der Waals surface area contributed by atoms with Crippen LogP contribution in [0, 0.1) is 5.82 Å². The lowest BCUT2D eigenvalue weighted by Crippen LogP contribution is -2.14. The number of primary amides is 1. The molecule has 2 rings (SSSR count). The van der Waals surface area contributed by atoms with Crippen LogP contribution in [0.2, 0.25) is 0 Å². The van der Waals surface area contributed by atoms with Crippen LogP contribution < -0.4 is 16.2 Å². The first-order chi connectivity index (χ1) is 9.08. The van der Waals surface area contributed by atoms with Gasteiger partial charge in [-0.05, 0) is 29.8 Å². The summed E-state index contributed by atoms with van der Waals surface area (Å²) in [6.07, 6.45) is 0. The van der Waals surface area contributed by atoms with Crippen molar-refractivity contribution in [2.24, 2.45) is 5.73 Å². The molecule has 0 radical (unpaired) electrons. The normalized spacial score (nSPS) is 10.2. The molecule has 0 aliphatic heterocycles. The van der Waals surface area contributed by atoms with Crippen molar-refractivity contribution in [2.75, 3.05) is 5.73 Å². The number of nitrogen functional groups attached to an aromatic ring is 1. The second-order valence-corrected chi connectivity index (χ2v) is 4.01. The highest BCUT2D eigenvalue weighted by molar-refractivity contribution is 5.97. The minimum atomic E-state index is -0.624. The Morgan fingerprint density at radius 1 is 1.21 bits per heavy atom. The van der Waals surface area contributed by atoms with Gasteiger partial charge in [0, 0.05) is 0 Å². The number of hydrogen-bond acceptors (Lipinski definition) is 3. The van der Waals surface area contributed by atoms with Crippen LogP contribution in [0.1, 0.15) is 15.9 Å². The van der Waals surface area contributed by atoms with Gasteiger partial charge >= 0.3 is 0 Å². The van der Waals surface area contributed by atoms with Crippen molar-refractivity contribution >= 4 is 11.6 Å². The van der Waals surface area contributed by atoms with Gasteiger partial charge in [-0.25, -0.2) is 4.39 Å². The third-order valence-electron chi connectivity index (χ3n) is 2.58. The first-order valence-electron chi connectivity index (χ1n) is 5.63. The number of carbonyl (C=O) groups excluding carboxylic acids is 1. The smallest absolute Gasteiger partial charge is 0.252 e. The molecule has 5 heteroatoms. The molecule has 98 valence electrons. The van der Waals surface area contributed by atoms with Crippen molar-refractivity contribution in [1.29, 1.82) is 0 Å². The second-order valence-electron chi connectivity index (χ2n) is 4.01. The van der Waals surface area contributed by atoms with Crippen LogP contribution in [-0.2, 0) is 6.61 Å². The van der Waals surface area contributed by atoms with Crippen molar-refractivity contribution in [3.8, 4) is 5.75 Å². The zero-order chi connectivity index (χ0) is 13.8. The average molecular weight is 260 g/mol. The number of anilines is 1. The number of nitrogens with two attached hydrogens (primary N) is 2. The summed E-state index contributed by atoms with van der Waals surface area (Å²) in [6, 6.07) is 10.7. The lowest BCUT2D eigenvalue weighted by molar-refractivity contribution is 0.0996. The number of ether oxygens (including phenoxy) is 1. The van der Waals surface area contributed by atoms with E-state index in [4.69, 9.17) is 16.2 Å². The minimum absolute atomic E-state index is 0.103. The molecular formula is C14H13FN2O2. The standard InChI is InChI=1S/C14H13FN2O2/c15-10-4-1-3-9(7-10)8-19-13-11(14(17)18)5-2-6-12(13)16/h1-7H,8,16H2,(H2,17,18). The number of para-hydroxylation sites is 1. The highest BCUT2D eigenvalue weighted by atomic mass is 19.1. The fourth-order valence-electron chi connectivity index (χ4n) is 1.69. The largest absolute Gasteiger partial charge is 0.486 e. The van der Waals surface area contributed by atoms with Gasteiger partial charge in [-0.1, -0.05) is 18.2 Å². The van der Waals surface area contributed by atoms with E-state index >= 15 is 0 Å². The van der Waals surface area contributed by atoms with E-state index in [0.717, 1.165) is 0 Å². The van der Waals surface area contributed by atoms with E-state index in [0.29, 0.717) is 11.3 Å². The number of halogens is 1. The van der Waals surface area contributed by atoms with E-state index < -0.39 is 5.91 Å². The summed E-state index contributed by atoms with van der Waals surface area (Å²) in [6.45, 7) is 0.103. The molecule has 2 aromatic rings. The Kier molecular flexibility index (Phi) is 3.66. The monoisotopic (exact) mass is 260 g/mol. The molecule has 4 nitrogen and oxygen atoms in total. The van der Waals surface area contributed by atoms with Crippen LogP contribution >= 0.6 is 0 Å². The van der Waals surface area contributed by atoms with Gasteiger partial charge in [0.1, 0.15) is 12.4 Å². The second kappa shape index (κ2) is 5.39. The van der Waals surface area contributed by atoms with E-state index in [9.17, 15) is 9.18 Å². The number of carbonyl (C=O) groups is 1. The molecule has 0 fully saturated rings.